The smallest absolute Gasteiger partial charge is 0.378 e. The summed E-state index contributed by atoms with van der Waals surface area (Å²) in [6.45, 7) is 0.00727. The van der Waals surface area contributed by atoms with E-state index in [2.05, 4.69) is 4.74 Å². The van der Waals surface area contributed by atoms with Crippen molar-refractivity contribution in [1.29, 1.82) is 0 Å². The molecule has 0 saturated heterocycles. The molecule has 1 rings (SSSR count). The van der Waals surface area contributed by atoms with Gasteiger partial charge in [0.25, 0.3) is 0 Å². The van der Waals surface area contributed by atoms with Crippen molar-refractivity contribution in [2.75, 3.05) is 20.3 Å². The van der Waals surface area contributed by atoms with Crippen LogP contribution in [-0.4, -0.2) is 32.6 Å². The van der Waals surface area contributed by atoms with Crippen LogP contribution in [0.5, 0.6) is 0 Å². The lowest BCUT2D eigenvalue weighted by Gasteiger charge is -2.22. The molecule has 1 saturated carbocycles. The minimum Gasteiger partial charge on any atom is -0.378 e. The fourth-order valence-corrected chi connectivity index (χ4v) is 2.21. The molecule has 0 aromatic heterocycles. The molecule has 0 amide bonds. The number of hydrogen-bond acceptors (Lipinski definition) is 2. The topological polar surface area (TPSA) is 18.5 Å². The molecule has 0 aromatic carbocycles. The molecule has 1 atom stereocenters. The molecule has 1 aliphatic rings. The van der Waals surface area contributed by atoms with Gasteiger partial charge in [-0.25, -0.2) is 0 Å². The predicted molar refractivity (Wildman–Crippen MR) is 58.9 cm³/mol. The highest BCUT2D eigenvalue weighted by Gasteiger charge is 2.40. The molecule has 1 aliphatic carbocycles. The lowest BCUT2D eigenvalue weighted by molar-refractivity contribution is -0.226. The van der Waals surface area contributed by atoms with Gasteiger partial charge in [-0.2, -0.15) is 13.2 Å². The first-order valence-electron chi connectivity index (χ1n) is 6.21. The van der Waals surface area contributed by atoms with E-state index in [1.54, 1.807) is 0 Å². The largest absolute Gasteiger partial charge is 0.416 e. The third kappa shape index (κ3) is 5.73. The Bertz CT molecular complexity index is 200. The van der Waals surface area contributed by atoms with E-state index in [0.29, 0.717) is 12.5 Å². The first-order valence-corrected chi connectivity index (χ1v) is 6.21. The zero-order valence-corrected chi connectivity index (χ0v) is 10.3. The molecule has 0 heterocycles. The SMILES string of the molecule is COC(COCCC1CCCCC1)C(F)(F)F. The van der Waals surface area contributed by atoms with Crippen LogP contribution in [0.3, 0.4) is 0 Å². The van der Waals surface area contributed by atoms with Gasteiger partial charge in [0.2, 0.25) is 0 Å². The number of methoxy groups -OCH3 is 1. The number of halogens is 3. The maximum atomic E-state index is 12.3. The molecule has 2 nitrogen and oxygen atoms in total. The van der Waals surface area contributed by atoms with Crippen molar-refractivity contribution in [1.82, 2.24) is 0 Å². The Morgan fingerprint density at radius 1 is 1.18 bits per heavy atom. The van der Waals surface area contributed by atoms with E-state index < -0.39 is 18.9 Å². The number of alkyl halides is 3. The highest BCUT2D eigenvalue weighted by Crippen LogP contribution is 2.26. The van der Waals surface area contributed by atoms with E-state index in [1.165, 1.54) is 32.1 Å². The van der Waals surface area contributed by atoms with E-state index >= 15 is 0 Å². The summed E-state index contributed by atoms with van der Waals surface area (Å²) in [6.07, 6.45) is 0.897. The summed E-state index contributed by atoms with van der Waals surface area (Å²) >= 11 is 0. The van der Waals surface area contributed by atoms with Crippen molar-refractivity contribution in [3.63, 3.8) is 0 Å². The standard InChI is InChI=1S/C12H21F3O2/c1-16-11(12(13,14)15)9-17-8-7-10-5-3-2-4-6-10/h10-11H,2-9H2,1H3. The molecule has 0 spiro atoms. The van der Waals surface area contributed by atoms with Gasteiger partial charge in [0.1, 0.15) is 0 Å². The van der Waals surface area contributed by atoms with Crippen LogP contribution in [0.25, 0.3) is 0 Å². The van der Waals surface area contributed by atoms with Crippen LogP contribution < -0.4 is 0 Å². The summed E-state index contributed by atoms with van der Waals surface area (Å²) in [5.41, 5.74) is 0. The molecule has 0 radical (unpaired) electrons. The number of hydrogen-bond donors (Lipinski definition) is 0. The van der Waals surface area contributed by atoms with Crippen molar-refractivity contribution in [3.8, 4) is 0 Å². The summed E-state index contributed by atoms with van der Waals surface area (Å²) in [5.74, 6) is 0.635. The fourth-order valence-electron chi connectivity index (χ4n) is 2.21. The summed E-state index contributed by atoms with van der Waals surface area (Å²) in [7, 11) is 1.06. The lowest BCUT2D eigenvalue weighted by Crippen LogP contribution is -2.35. The summed E-state index contributed by atoms with van der Waals surface area (Å²) in [5, 5.41) is 0. The normalized spacial score (nSPS) is 20.5. The van der Waals surface area contributed by atoms with Crippen molar-refractivity contribution in [2.24, 2.45) is 5.92 Å². The van der Waals surface area contributed by atoms with Crippen molar-refractivity contribution in [2.45, 2.75) is 50.8 Å². The average Bonchev–Trinajstić information content (AvgIpc) is 2.28. The molecule has 5 heteroatoms. The van der Waals surface area contributed by atoms with Gasteiger partial charge in [-0.15, -0.1) is 0 Å². The van der Waals surface area contributed by atoms with Gasteiger partial charge in [-0.05, 0) is 12.3 Å². The average molecular weight is 254 g/mol. The number of ether oxygens (including phenoxy) is 2. The molecule has 1 unspecified atom stereocenters. The quantitative estimate of drug-likeness (QED) is 0.675. The summed E-state index contributed by atoms with van der Waals surface area (Å²) in [4.78, 5) is 0. The maximum Gasteiger partial charge on any atom is 0.416 e. The monoisotopic (exact) mass is 254 g/mol. The minimum absolute atomic E-state index is 0.396. The molecular formula is C12H21F3O2. The Kier molecular flexibility index (Phi) is 6.27. The van der Waals surface area contributed by atoms with Gasteiger partial charge in [0.05, 0.1) is 6.61 Å². The Labute approximate surface area is 100 Å². The van der Waals surface area contributed by atoms with E-state index in [4.69, 9.17) is 4.74 Å². The Balaban J connectivity index is 2.10. The second kappa shape index (κ2) is 7.21. The summed E-state index contributed by atoms with van der Waals surface area (Å²) in [6, 6.07) is 0. The first-order chi connectivity index (χ1) is 8.04. The zero-order chi connectivity index (χ0) is 12.7. The zero-order valence-electron chi connectivity index (χ0n) is 10.3. The third-order valence-corrected chi connectivity index (χ3v) is 3.31. The second-order valence-corrected chi connectivity index (χ2v) is 4.63. The number of rotatable bonds is 6. The molecular weight excluding hydrogens is 233 g/mol. The van der Waals surface area contributed by atoms with Gasteiger partial charge in [-0.1, -0.05) is 32.1 Å². The summed E-state index contributed by atoms with van der Waals surface area (Å²) < 4.78 is 46.3. The van der Waals surface area contributed by atoms with Crippen LogP contribution in [0.1, 0.15) is 38.5 Å². The Hall–Kier alpha value is -0.290. The van der Waals surface area contributed by atoms with Gasteiger partial charge < -0.3 is 9.47 Å². The van der Waals surface area contributed by atoms with Crippen LogP contribution in [-0.2, 0) is 9.47 Å². The van der Waals surface area contributed by atoms with Crippen molar-refractivity contribution in [3.05, 3.63) is 0 Å². The predicted octanol–water partition coefficient (Wildman–Crippen LogP) is 3.55. The highest BCUT2D eigenvalue weighted by molar-refractivity contribution is 4.68. The lowest BCUT2D eigenvalue weighted by atomic mass is 9.87. The molecule has 0 bridgehead atoms. The Morgan fingerprint density at radius 3 is 2.35 bits per heavy atom. The molecule has 17 heavy (non-hydrogen) atoms. The van der Waals surface area contributed by atoms with E-state index in [-0.39, 0.29) is 0 Å². The molecule has 0 N–H and O–H groups in total. The van der Waals surface area contributed by atoms with E-state index in [0.717, 1.165) is 13.5 Å². The van der Waals surface area contributed by atoms with Gasteiger partial charge >= 0.3 is 6.18 Å². The van der Waals surface area contributed by atoms with Crippen LogP contribution >= 0.6 is 0 Å². The fraction of sp³-hybridized carbons (Fsp3) is 1.00. The van der Waals surface area contributed by atoms with Crippen LogP contribution in [0.15, 0.2) is 0 Å². The van der Waals surface area contributed by atoms with E-state index in [1.807, 2.05) is 0 Å². The van der Waals surface area contributed by atoms with Crippen LogP contribution in [0, 0.1) is 5.92 Å². The van der Waals surface area contributed by atoms with Crippen molar-refractivity contribution >= 4 is 0 Å². The molecule has 0 aliphatic heterocycles. The highest BCUT2D eigenvalue weighted by atomic mass is 19.4. The third-order valence-electron chi connectivity index (χ3n) is 3.31. The molecule has 1 fully saturated rings. The Morgan fingerprint density at radius 2 is 1.82 bits per heavy atom. The molecule has 0 aromatic rings. The molecule has 102 valence electrons. The first kappa shape index (κ1) is 14.8. The van der Waals surface area contributed by atoms with Crippen LogP contribution in [0.4, 0.5) is 13.2 Å². The van der Waals surface area contributed by atoms with Gasteiger partial charge in [0.15, 0.2) is 6.10 Å². The van der Waals surface area contributed by atoms with Gasteiger partial charge in [-0.3, -0.25) is 0 Å². The van der Waals surface area contributed by atoms with Gasteiger partial charge in [0, 0.05) is 13.7 Å². The maximum absolute atomic E-state index is 12.3. The minimum atomic E-state index is -4.33. The van der Waals surface area contributed by atoms with Crippen molar-refractivity contribution < 1.29 is 22.6 Å². The van der Waals surface area contributed by atoms with E-state index in [9.17, 15) is 13.2 Å². The van der Waals surface area contributed by atoms with Crippen LogP contribution in [0.2, 0.25) is 0 Å². The second-order valence-electron chi connectivity index (χ2n) is 4.63.